The minimum absolute atomic E-state index is 0.0483. The monoisotopic (exact) mass is 286 g/mol. The predicted octanol–water partition coefficient (Wildman–Crippen LogP) is 1.90. The van der Waals surface area contributed by atoms with Crippen LogP contribution in [-0.2, 0) is 4.79 Å². The van der Waals surface area contributed by atoms with Crippen LogP contribution in [0.1, 0.15) is 25.5 Å². The molecule has 21 heavy (non-hydrogen) atoms. The summed E-state index contributed by atoms with van der Waals surface area (Å²) in [4.78, 5) is 12.1. The van der Waals surface area contributed by atoms with Crippen molar-refractivity contribution in [2.75, 3.05) is 13.6 Å². The van der Waals surface area contributed by atoms with Gasteiger partial charge in [0.25, 0.3) is 0 Å². The molecule has 1 aromatic heterocycles. The lowest BCUT2D eigenvalue weighted by Crippen LogP contribution is -2.36. The van der Waals surface area contributed by atoms with Crippen molar-refractivity contribution in [3.63, 3.8) is 0 Å². The smallest absolute Gasteiger partial charge is 0.224 e. The summed E-state index contributed by atoms with van der Waals surface area (Å²) in [6, 6.07) is 9.78. The SMILES string of the molecule is CNCC(C)C(=O)NC(C)c1ccccc1-n1cccn1. The van der Waals surface area contributed by atoms with Crippen molar-refractivity contribution in [3.05, 3.63) is 48.3 Å². The molecule has 0 fully saturated rings. The Morgan fingerprint density at radius 1 is 1.29 bits per heavy atom. The van der Waals surface area contributed by atoms with Crippen molar-refractivity contribution in [3.8, 4) is 5.69 Å². The quantitative estimate of drug-likeness (QED) is 0.853. The second-order valence-electron chi connectivity index (χ2n) is 5.20. The number of para-hydroxylation sites is 1. The van der Waals surface area contributed by atoms with Crippen molar-refractivity contribution in [1.82, 2.24) is 20.4 Å². The third kappa shape index (κ3) is 3.70. The highest BCUT2D eigenvalue weighted by atomic mass is 16.1. The minimum atomic E-state index is -0.0720. The molecular formula is C16H22N4O. The molecule has 0 saturated heterocycles. The van der Waals surface area contributed by atoms with E-state index in [0.29, 0.717) is 6.54 Å². The number of carbonyl (C=O) groups is 1. The molecule has 0 aliphatic heterocycles. The number of benzene rings is 1. The standard InChI is InChI=1S/C16H22N4O/c1-12(11-17-3)16(21)19-13(2)14-7-4-5-8-15(14)20-10-6-9-18-20/h4-10,12-13,17H,11H2,1-3H3,(H,19,21). The number of hydrogen-bond acceptors (Lipinski definition) is 3. The lowest BCUT2D eigenvalue weighted by molar-refractivity contribution is -0.125. The van der Waals surface area contributed by atoms with Gasteiger partial charge in [0.2, 0.25) is 5.91 Å². The molecule has 2 unspecified atom stereocenters. The summed E-state index contributed by atoms with van der Waals surface area (Å²) in [6.45, 7) is 4.57. The molecule has 0 saturated carbocycles. The molecule has 2 aromatic rings. The minimum Gasteiger partial charge on any atom is -0.349 e. The normalized spacial score (nSPS) is 13.7. The molecule has 1 aromatic carbocycles. The molecular weight excluding hydrogens is 264 g/mol. The summed E-state index contributed by atoms with van der Waals surface area (Å²) in [5.74, 6) is -0.0126. The molecule has 2 rings (SSSR count). The number of nitrogens with zero attached hydrogens (tertiary/aromatic N) is 2. The summed E-state index contributed by atoms with van der Waals surface area (Å²) in [5, 5.41) is 10.4. The Hall–Kier alpha value is -2.14. The first-order valence-electron chi connectivity index (χ1n) is 7.17. The molecule has 1 amide bonds. The van der Waals surface area contributed by atoms with Crippen molar-refractivity contribution in [2.24, 2.45) is 5.92 Å². The fourth-order valence-corrected chi connectivity index (χ4v) is 2.31. The van der Waals surface area contributed by atoms with Gasteiger partial charge in [-0.1, -0.05) is 25.1 Å². The maximum absolute atomic E-state index is 12.1. The van der Waals surface area contributed by atoms with Crippen LogP contribution in [0.4, 0.5) is 0 Å². The lowest BCUT2D eigenvalue weighted by atomic mass is 10.0. The molecule has 0 spiro atoms. The van der Waals surface area contributed by atoms with Gasteiger partial charge in [0.15, 0.2) is 0 Å². The highest BCUT2D eigenvalue weighted by Crippen LogP contribution is 2.21. The summed E-state index contributed by atoms with van der Waals surface area (Å²) < 4.78 is 1.81. The van der Waals surface area contributed by atoms with E-state index in [1.165, 1.54) is 0 Å². The maximum atomic E-state index is 12.1. The van der Waals surface area contributed by atoms with Gasteiger partial charge < -0.3 is 10.6 Å². The molecule has 2 N–H and O–H groups in total. The van der Waals surface area contributed by atoms with Crippen LogP contribution in [0.25, 0.3) is 5.69 Å². The van der Waals surface area contributed by atoms with Crippen LogP contribution in [0.5, 0.6) is 0 Å². The molecule has 0 radical (unpaired) electrons. The van der Waals surface area contributed by atoms with Gasteiger partial charge in [-0.3, -0.25) is 4.79 Å². The van der Waals surface area contributed by atoms with Gasteiger partial charge in [-0.05, 0) is 31.7 Å². The Morgan fingerprint density at radius 2 is 2.05 bits per heavy atom. The number of amides is 1. The van der Waals surface area contributed by atoms with Gasteiger partial charge in [0, 0.05) is 24.9 Å². The Balaban J connectivity index is 2.16. The highest BCUT2D eigenvalue weighted by molar-refractivity contribution is 5.79. The summed E-state index contributed by atoms with van der Waals surface area (Å²) in [5.41, 5.74) is 2.03. The average Bonchev–Trinajstić information content (AvgIpc) is 3.01. The van der Waals surface area contributed by atoms with Gasteiger partial charge in [-0.25, -0.2) is 4.68 Å². The Kier molecular flexibility index (Phi) is 5.11. The maximum Gasteiger partial charge on any atom is 0.224 e. The van der Waals surface area contributed by atoms with Gasteiger partial charge in [0.05, 0.1) is 11.7 Å². The Bertz CT molecular complexity index is 580. The lowest BCUT2D eigenvalue weighted by Gasteiger charge is -2.20. The first-order valence-corrected chi connectivity index (χ1v) is 7.17. The zero-order valence-corrected chi connectivity index (χ0v) is 12.7. The molecule has 0 bridgehead atoms. The largest absolute Gasteiger partial charge is 0.349 e. The van der Waals surface area contributed by atoms with Crippen molar-refractivity contribution in [2.45, 2.75) is 19.9 Å². The third-order valence-corrected chi connectivity index (χ3v) is 3.47. The fraction of sp³-hybridized carbons (Fsp3) is 0.375. The van der Waals surface area contributed by atoms with Crippen LogP contribution in [0.15, 0.2) is 42.7 Å². The highest BCUT2D eigenvalue weighted by Gasteiger charge is 2.17. The molecule has 1 heterocycles. The fourth-order valence-electron chi connectivity index (χ4n) is 2.31. The van der Waals surface area contributed by atoms with Crippen LogP contribution < -0.4 is 10.6 Å². The molecule has 0 aliphatic rings. The van der Waals surface area contributed by atoms with Crippen molar-refractivity contribution in [1.29, 1.82) is 0 Å². The average molecular weight is 286 g/mol. The molecule has 5 heteroatoms. The summed E-state index contributed by atoms with van der Waals surface area (Å²) in [6.07, 6.45) is 3.64. The Morgan fingerprint density at radius 3 is 2.71 bits per heavy atom. The van der Waals surface area contributed by atoms with E-state index in [9.17, 15) is 4.79 Å². The number of aromatic nitrogens is 2. The first kappa shape index (κ1) is 15.3. The zero-order valence-electron chi connectivity index (χ0n) is 12.7. The van der Waals surface area contributed by atoms with E-state index in [1.54, 1.807) is 6.20 Å². The van der Waals surface area contributed by atoms with E-state index in [1.807, 2.05) is 62.1 Å². The van der Waals surface area contributed by atoms with Gasteiger partial charge in [0.1, 0.15) is 0 Å². The van der Waals surface area contributed by atoms with Gasteiger partial charge >= 0.3 is 0 Å². The summed E-state index contributed by atoms with van der Waals surface area (Å²) >= 11 is 0. The van der Waals surface area contributed by atoms with E-state index in [0.717, 1.165) is 11.3 Å². The zero-order chi connectivity index (χ0) is 15.2. The predicted molar refractivity (Wildman–Crippen MR) is 83.2 cm³/mol. The van der Waals surface area contributed by atoms with Crippen LogP contribution in [0.3, 0.4) is 0 Å². The third-order valence-electron chi connectivity index (χ3n) is 3.47. The second-order valence-corrected chi connectivity index (χ2v) is 5.20. The molecule has 0 aliphatic carbocycles. The van der Waals surface area contributed by atoms with E-state index < -0.39 is 0 Å². The number of carbonyl (C=O) groups excluding carboxylic acids is 1. The number of hydrogen-bond donors (Lipinski definition) is 2. The number of nitrogens with one attached hydrogen (secondary N) is 2. The van der Waals surface area contributed by atoms with E-state index in [2.05, 4.69) is 15.7 Å². The first-order chi connectivity index (χ1) is 10.1. The van der Waals surface area contributed by atoms with Crippen LogP contribution in [-0.4, -0.2) is 29.3 Å². The number of rotatable bonds is 6. The topological polar surface area (TPSA) is 59.0 Å². The second kappa shape index (κ2) is 7.04. The van der Waals surface area contributed by atoms with Crippen LogP contribution >= 0.6 is 0 Å². The van der Waals surface area contributed by atoms with Gasteiger partial charge in [-0.15, -0.1) is 0 Å². The Labute approximate surface area is 125 Å². The summed E-state index contributed by atoms with van der Waals surface area (Å²) in [7, 11) is 1.85. The molecule has 2 atom stereocenters. The van der Waals surface area contributed by atoms with Gasteiger partial charge in [-0.2, -0.15) is 5.10 Å². The van der Waals surface area contributed by atoms with Crippen molar-refractivity contribution >= 4 is 5.91 Å². The van der Waals surface area contributed by atoms with E-state index in [4.69, 9.17) is 0 Å². The van der Waals surface area contributed by atoms with Crippen molar-refractivity contribution < 1.29 is 4.79 Å². The van der Waals surface area contributed by atoms with E-state index in [-0.39, 0.29) is 17.9 Å². The van der Waals surface area contributed by atoms with Crippen LogP contribution in [0.2, 0.25) is 0 Å². The molecule has 5 nitrogen and oxygen atoms in total. The van der Waals surface area contributed by atoms with E-state index >= 15 is 0 Å². The van der Waals surface area contributed by atoms with Crippen LogP contribution in [0, 0.1) is 5.92 Å². The molecule has 112 valence electrons.